The van der Waals surface area contributed by atoms with Crippen LogP contribution in [-0.2, 0) is 6.42 Å². The third kappa shape index (κ3) is 3.38. The number of piperidine rings is 1. The molecule has 4 rings (SSSR count). The molecule has 25 heavy (non-hydrogen) atoms. The van der Waals surface area contributed by atoms with Crippen LogP contribution < -0.4 is 0 Å². The van der Waals surface area contributed by atoms with Crippen molar-refractivity contribution >= 4 is 16.8 Å². The van der Waals surface area contributed by atoms with Crippen molar-refractivity contribution in [1.29, 1.82) is 0 Å². The number of hydrogen-bond acceptors (Lipinski definition) is 3. The zero-order chi connectivity index (χ0) is 17.1. The molecule has 4 nitrogen and oxygen atoms in total. The van der Waals surface area contributed by atoms with Gasteiger partial charge >= 0.3 is 0 Å². The SMILES string of the molecule is O=C(c1ccncc1)N1CCC[C@H](Cc2cccc3cccnc23)C1. The second-order valence-corrected chi connectivity index (χ2v) is 6.69. The van der Waals surface area contributed by atoms with Gasteiger partial charge in [-0.1, -0.05) is 24.3 Å². The summed E-state index contributed by atoms with van der Waals surface area (Å²) in [6, 6.07) is 14.0. The van der Waals surface area contributed by atoms with Gasteiger partial charge in [-0.25, -0.2) is 0 Å². The van der Waals surface area contributed by atoms with E-state index in [9.17, 15) is 4.79 Å². The summed E-state index contributed by atoms with van der Waals surface area (Å²) in [6.45, 7) is 1.65. The topological polar surface area (TPSA) is 46.1 Å². The molecule has 1 amide bonds. The molecule has 3 aromatic rings. The Kier molecular flexibility index (Phi) is 4.42. The summed E-state index contributed by atoms with van der Waals surface area (Å²) in [5.74, 6) is 0.593. The second-order valence-electron chi connectivity index (χ2n) is 6.69. The van der Waals surface area contributed by atoms with Crippen molar-refractivity contribution in [2.24, 2.45) is 5.92 Å². The molecule has 1 saturated heterocycles. The number of likely N-dealkylation sites (tertiary alicyclic amines) is 1. The van der Waals surface area contributed by atoms with Gasteiger partial charge in [-0.2, -0.15) is 0 Å². The van der Waals surface area contributed by atoms with E-state index >= 15 is 0 Å². The van der Waals surface area contributed by atoms with Crippen LogP contribution in [-0.4, -0.2) is 33.9 Å². The molecule has 1 fully saturated rings. The zero-order valence-electron chi connectivity index (χ0n) is 14.1. The smallest absolute Gasteiger partial charge is 0.253 e. The molecule has 0 unspecified atom stereocenters. The number of fused-ring (bicyclic) bond motifs is 1. The van der Waals surface area contributed by atoms with Gasteiger partial charge in [-0.15, -0.1) is 0 Å². The van der Waals surface area contributed by atoms with Gasteiger partial charge in [-0.3, -0.25) is 14.8 Å². The lowest BCUT2D eigenvalue weighted by Crippen LogP contribution is -2.40. The van der Waals surface area contributed by atoms with E-state index in [4.69, 9.17) is 0 Å². The molecule has 0 saturated carbocycles. The van der Waals surface area contributed by atoms with Gasteiger partial charge in [0.15, 0.2) is 0 Å². The van der Waals surface area contributed by atoms with Crippen LogP contribution in [0.3, 0.4) is 0 Å². The predicted octanol–water partition coefficient (Wildman–Crippen LogP) is 3.72. The van der Waals surface area contributed by atoms with E-state index in [0.29, 0.717) is 5.92 Å². The Balaban J connectivity index is 1.51. The average molecular weight is 331 g/mol. The monoisotopic (exact) mass is 331 g/mol. The van der Waals surface area contributed by atoms with Crippen LogP contribution >= 0.6 is 0 Å². The van der Waals surface area contributed by atoms with E-state index in [0.717, 1.165) is 43.4 Å². The van der Waals surface area contributed by atoms with Crippen LogP contribution in [0.4, 0.5) is 0 Å². The zero-order valence-corrected chi connectivity index (χ0v) is 14.1. The summed E-state index contributed by atoms with van der Waals surface area (Å²) >= 11 is 0. The fourth-order valence-corrected chi connectivity index (χ4v) is 3.74. The molecule has 3 heterocycles. The lowest BCUT2D eigenvalue weighted by molar-refractivity contribution is 0.0673. The number of para-hydroxylation sites is 1. The number of pyridine rings is 2. The quantitative estimate of drug-likeness (QED) is 0.735. The first-order chi connectivity index (χ1) is 12.3. The molecule has 2 aromatic heterocycles. The Labute approximate surface area is 147 Å². The molecule has 4 heteroatoms. The largest absolute Gasteiger partial charge is 0.338 e. The molecular formula is C21H21N3O. The van der Waals surface area contributed by atoms with Gasteiger partial charge in [0.25, 0.3) is 5.91 Å². The number of nitrogens with zero attached hydrogens (tertiary/aromatic N) is 3. The Morgan fingerprint density at radius 3 is 2.80 bits per heavy atom. The fourth-order valence-electron chi connectivity index (χ4n) is 3.74. The van der Waals surface area contributed by atoms with E-state index < -0.39 is 0 Å². The Bertz CT molecular complexity index is 873. The summed E-state index contributed by atoms with van der Waals surface area (Å²) in [5.41, 5.74) is 3.09. The van der Waals surface area contributed by atoms with E-state index in [-0.39, 0.29) is 5.91 Å². The minimum Gasteiger partial charge on any atom is -0.338 e. The van der Waals surface area contributed by atoms with Gasteiger partial charge < -0.3 is 4.90 Å². The number of aromatic nitrogens is 2. The van der Waals surface area contributed by atoms with Crippen LogP contribution in [0.5, 0.6) is 0 Å². The van der Waals surface area contributed by atoms with Crippen molar-refractivity contribution < 1.29 is 4.79 Å². The van der Waals surface area contributed by atoms with Crippen molar-refractivity contribution in [3.05, 3.63) is 72.2 Å². The standard InChI is InChI=1S/C21H21N3O/c25-21(18-8-11-22-12-9-18)24-13-3-4-16(15-24)14-19-6-1-5-17-7-2-10-23-20(17)19/h1-2,5-12,16H,3-4,13-15H2/t16-/m1/s1. The normalized spacial score (nSPS) is 17.6. The van der Waals surface area contributed by atoms with Gasteiger partial charge in [0.2, 0.25) is 0 Å². The number of benzene rings is 1. The molecule has 1 aliphatic rings. The average Bonchev–Trinajstić information content (AvgIpc) is 2.69. The van der Waals surface area contributed by atoms with Crippen molar-refractivity contribution in [1.82, 2.24) is 14.9 Å². The van der Waals surface area contributed by atoms with E-state index in [1.807, 2.05) is 17.2 Å². The maximum atomic E-state index is 12.7. The number of hydrogen-bond donors (Lipinski definition) is 0. The van der Waals surface area contributed by atoms with Crippen LogP contribution in [0.15, 0.2) is 61.1 Å². The number of carbonyl (C=O) groups is 1. The highest BCUT2D eigenvalue weighted by Crippen LogP contribution is 2.25. The first kappa shape index (κ1) is 15.8. The maximum Gasteiger partial charge on any atom is 0.253 e. The van der Waals surface area contributed by atoms with Crippen molar-refractivity contribution in [3.63, 3.8) is 0 Å². The molecule has 1 aromatic carbocycles. The van der Waals surface area contributed by atoms with Crippen molar-refractivity contribution in [3.8, 4) is 0 Å². The minimum atomic E-state index is 0.114. The number of carbonyl (C=O) groups excluding carboxylic acids is 1. The fraction of sp³-hybridized carbons (Fsp3) is 0.286. The molecule has 1 atom stereocenters. The van der Waals surface area contributed by atoms with Gasteiger partial charge in [0, 0.05) is 42.6 Å². The van der Waals surface area contributed by atoms with Crippen LogP contribution in [0.25, 0.3) is 10.9 Å². The first-order valence-corrected chi connectivity index (χ1v) is 8.83. The minimum absolute atomic E-state index is 0.114. The molecule has 1 aliphatic heterocycles. The summed E-state index contributed by atoms with van der Waals surface area (Å²) in [5, 5.41) is 1.18. The summed E-state index contributed by atoms with van der Waals surface area (Å²) < 4.78 is 0. The molecule has 0 spiro atoms. The highest BCUT2D eigenvalue weighted by atomic mass is 16.2. The Morgan fingerprint density at radius 1 is 1.08 bits per heavy atom. The van der Waals surface area contributed by atoms with E-state index in [2.05, 4.69) is 34.2 Å². The molecule has 0 radical (unpaired) electrons. The molecule has 0 N–H and O–H groups in total. The van der Waals surface area contributed by atoms with E-state index in [1.165, 1.54) is 10.9 Å². The summed E-state index contributed by atoms with van der Waals surface area (Å²) in [4.78, 5) is 23.2. The highest BCUT2D eigenvalue weighted by molar-refractivity contribution is 5.94. The molecule has 0 aliphatic carbocycles. The molecule has 0 bridgehead atoms. The Morgan fingerprint density at radius 2 is 1.92 bits per heavy atom. The van der Waals surface area contributed by atoms with Gasteiger partial charge in [-0.05, 0) is 48.9 Å². The third-order valence-electron chi connectivity index (χ3n) is 4.96. The van der Waals surface area contributed by atoms with Crippen LogP contribution in [0.2, 0.25) is 0 Å². The molecule has 126 valence electrons. The highest BCUT2D eigenvalue weighted by Gasteiger charge is 2.25. The van der Waals surface area contributed by atoms with Crippen molar-refractivity contribution in [2.75, 3.05) is 13.1 Å². The molecular weight excluding hydrogens is 310 g/mol. The first-order valence-electron chi connectivity index (χ1n) is 8.83. The summed E-state index contributed by atoms with van der Waals surface area (Å²) in [6.07, 6.45) is 8.39. The van der Waals surface area contributed by atoms with Crippen LogP contribution in [0, 0.1) is 5.92 Å². The predicted molar refractivity (Wildman–Crippen MR) is 98.3 cm³/mol. The second kappa shape index (κ2) is 7.01. The van der Waals surface area contributed by atoms with Crippen LogP contribution in [0.1, 0.15) is 28.8 Å². The number of rotatable bonds is 3. The number of amides is 1. The third-order valence-corrected chi connectivity index (χ3v) is 4.96. The van der Waals surface area contributed by atoms with E-state index in [1.54, 1.807) is 24.5 Å². The lowest BCUT2D eigenvalue weighted by Gasteiger charge is -2.33. The van der Waals surface area contributed by atoms with Gasteiger partial charge in [0.1, 0.15) is 0 Å². The summed E-state index contributed by atoms with van der Waals surface area (Å²) in [7, 11) is 0. The van der Waals surface area contributed by atoms with Gasteiger partial charge in [0.05, 0.1) is 5.52 Å². The lowest BCUT2D eigenvalue weighted by atomic mass is 9.90. The Hall–Kier alpha value is -2.75. The maximum absolute atomic E-state index is 12.7. The van der Waals surface area contributed by atoms with Crippen molar-refractivity contribution in [2.45, 2.75) is 19.3 Å².